The number of rotatable bonds is 16. The second kappa shape index (κ2) is 17.5. The fourth-order valence-corrected chi connectivity index (χ4v) is 6.94. The molecule has 1 aliphatic heterocycles. The molecule has 1 aromatic carbocycles. The van der Waals surface area contributed by atoms with Gasteiger partial charge in [0.1, 0.15) is 18.6 Å². The maximum atomic E-state index is 14.2. The Morgan fingerprint density at radius 1 is 1.25 bits per heavy atom. The average molecular weight is 707 g/mol. The van der Waals surface area contributed by atoms with Crippen molar-refractivity contribution in [2.24, 2.45) is 10.5 Å². The van der Waals surface area contributed by atoms with Gasteiger partial charge in [0.05, 0.1) is 32.5 Å². The largest absolute Gasteiger partial charge is 0.468 e. The maximum Gasteiger partial charge on any atom is 0.406 e. The summed E-state index contributed by atoms with van der Waals surface area (Å²) in [5.74, 6) is -0.603. The zero-order valence-electron chi connectivity index (χ0n) is 27.2. The number of aromatic nitrogens is 2. The average Bonchev–Trinajstić information content (AvgIpc) is 3.45. The van der Waals surface area contributed by atoms with Crippen LogP contribution in [0, 0.1) is 12.3 Å². The van der Waals surface area contributed by atoms with Gasteiger partial charge in [-0.25, -0.2) is 19.0 Å². The van der Waals surface area contributed by atoms with E-state index in [1.54, 1.807) is 51.1 Å². The number of carbonyl (C=O) groups is 3. The Morgan fingerprint density at radius 2 is 1.96 bits per heavy atom. The highest BCUT2D eigenvalue weighted by molar-refractivity contribution is 8.13. The fourth-order valence-electron chi connectivity index (χ4n) is 4.56. The Bertz CT molecular complexity index is 1700. The number of azide groups is 1. The summed E-state index contributed by atoms with van der Waals surface area (Å²) in [6, 6.07) is 6.83. The van der Waals surface area contributed by atoms with Crippen molar-refractivity contribution in [1.29, 1.82) is 0 Å². The molecule has 0 bridgehead atoms. The van der Waals surface area contributed by atoms with Gasteiger partial charge < -0.3 is 9.47 Å². The Kier molecular flexibility index (Phi) is 14.1. The van der Waals surface area contributed by atoms with Crippen LogP contribution in [0.25, 0.3) is 16.6 Å². The molecule has 16 nitrogen and oxygen atoms in total. The molecule has 3 rings (SSSR count). The van der Waals surface area contributed by atoms with E-state index in [4.69, 9.17) is 18.5 Å². The first kappa shape index (κ1) is 38.6. The molecule has 1 unspecified atom stereocenters. The van der Waals surface area contributed by atoms with Crippen molar-refractivity contribution in [2.45, 2.75) is 65.0 Å². The molecule has 0 spiro atoms. The second-order valence-electron chi connectivity index (χ2n) is 11.7. The predicted octanol–water partition coefficient (Wildman–Crippen LogP) is 3.78. The number of esters is 1. The van der Waals surface area contributed by atoms with Crippen LogP contribution in [0.1, 0.15) is 44.5 Å². The number of methoxy groups -OCH3 is 1. The summed E-state index contributed by atoms with van der Waals surface area (Å²) in [6.45, 7) is 6.10. The number of hydrogen-bond donors (Lipinski definition) is 1. The summed E-state index contributed by atoms with van der Waals surface area (Å²) in [4.78, 5) is 64.5. The van der Waals surface area contributed by atoms with E-state index < -0.39 is 61.4 Å². The van der Waals surface area contributed by atoms with Crippen molar-refractivity contribution in [1.82, 2.24) is 14.2 Å². The van der Waals surface area contributed by atoms with Crippen molar-refractivity contribution in [3.05, 3.63) is 85.0 Å². The van der Waals surface area contributed by atoms with E-state index in [0.717, 1.165) is 38.7 Å². The standard InChI is InChI=1S/C30H39N6O10PS/c1-20-18-36(29(41)35(26(20)38)12-9-13-37)25-17-22(32-34-31)24(46-25)19-45-47(42,44-14-15-48-28(40)30(2,3)4)33-23(27(39)43-5)16-21-10-7-6-8-11-21/h6-13,18,22-25H,14-17,19H2,1-5H3,(H,33,42)/b12-9+/t22-,23-,24+,25+,47?/m0/s1. The first-order valence-corrected chi connectivity index (χ1v) is 17.4. The van der Waals surface area contributed by atoms with Crippen LogP contribution in [0.4, 0.5) is 0 Å². The van der Waals surface area contributed by atoms with Crippen LogP contribution in [0.5, 0.6) is 0 Å². The second-order valence-corrected chi connectivity index (χ2v) is 14.5. The van der Waals surface area contributed by atoms with E-state index in [9.17, 15) is 34.1 Å². The number of thioether (sulfide) groups is 1. The van der Waals surface area contributed by atoms with Gasteiger partial charge in [0.2, 0.25) is 0 Å². The van der Waals surface area contributed by atoms with Crippen LogP contribution < -0.4 is 16.3 Å². The predicted molar refractivity (Wildman–Crippen MR) is 178 cm³/mol. The monoisotopic (exact) mass is 706 g/mol. The third kappa shape index (κ3) is 10.6. The maximum absolute atomic E-state index is 14.2. The highest BCUT2D eigenvalue weighted by atomic mass is 32.2. The summed E-state index contributed by atoms with van der Waals surface area (Å²) in [5, 5.41) is 6.33. The molecular weight excluding hydrogens is 667 g/mol. The fraction of sp³-hybridized carbons (Fsp3) is 0.500. The van der Waals surface area contributed by atoms with Crippen LogP contribution >= 0.6 is 19.5 Å². The smallest absolute Gasteiger partial charge is 0.406 e. The Labute approximate surface area is 281 Å². The van der Waals surface area contributed by atoms with Gasteiger partial charge in [0, 0.05) is 40.5 Å². The zero-order valence-corrected chi connectivity index (χ0v) is 28.9. The zero-order chi connectivity index (χ0) is 35.5. The van der Waals surface area contributed by atoms with Crippen LogP contribution in [0.2, 0.25) is 0 Å². The minimum atomic E-state index is -4.36. The number of aldehydes is 1. The number of hydrogen-bond acceptors (Lipinski definition) is 12. The molecule has 1 aromatic heterocycles. The molecule has 0 amide bonds. The van der Waals surface area contributed by atoms with Crippen LogP contribution in [0.15, 0.2) is 57.3 Å². The van der Waals surface area contributed by atoms with Crippen LogP contribution in [-0.2, 0) is 43.9 Å². The summed E-state index contributed by atoms with van der Waals surface area (Å²) in [5.41, 5.74) is 8.07. The molecule has 2 aromatic rings. The summed E-state index contributed by atoms with van der Waals surface area (Å²) >= 11 is 0.994. The van der Waals surface area contributed by atoms with Gasteiger partial charge in [0.25, 0.3) is 5.56 Å². The normalized spacial score (nSPS) is 19.7. The lowest BCUT2D eigenvalue weighted by Crippen LogP contribution is -2.40. The van der Waals surface area contributed by atoms with E-state index in [-0.39, 0.29) is 35.9 Å². The lowest BCUT2D eigenvalue weighted by molar-refractivity contribution is -0.142. The molecule has 1 N–H and O–H groups in total. The highest BCUT2D eigenvalue weighted by Crippen LogP contribution is 2.46. The molecule has 5 atom stereocenters. The first-order chi connectivity index (χ1) is 22.7. The molecule has 0 radical (unpaired) electrons. The highest BCUT2D eigenvalue weighted by Gasteiger charge is 2.40. The van der Waals surface area contributed by atoms with Crippen molar-refractivity contribution in [3.63, 3.8) is 0 Å². The van der Waals surface area contributed by atoms with Gasteiger partial charge in [-0.2, -0.15) is 0 Å². The van der Waals surface area contributed by atoms with Crippen LogP contribution in [-0.4, -0.2) is 70.8 Å². The third-order valence-corrected chi connectivity index (χ3v) is 9.91. The molecule has 1 fully saturated rings. The number of nitrogens with one attached hydrogen (secondary N) is 1. The molecular formula is C30H39N6O10PS. The molecule has 0 aliphatic carbocycles. The van der Waals surface area contributed by atoms with Gasteiger partial charge in [0.15, 0.2) is 5.12 Å². The van der Waals surface area contributed by atoms with Gasteiger partial charge in [-0.3, -0.25) is 32.8 Å². The SMILES string of the molecule is COC(=O)[C@H](Cc1ccccc1)NP(=O)(OCCSC(=O)C(C)(C)C)OC[C@H]1O[C@@H](n2cc(C)c(=O)n(/C=C/C=O)c2=O)C[C@@H]1N=[N+]=[N-]. The number of ether oxygens (including phenoxy) is 2. The molecule has 1 aliphatic rings. The molecule has 0 saturated carbocycles. The minimum absolute atomic E-state index is 0.0179. The minimum Gasteiger partial charge on any atom is -0.468 e. The van der Waals surface area contributed by atoms with Gasteiger partial charge in [-0.05, 0) is 30.5 Å². The van der Waals surface area contributed by atoms with E-state index in [2.05, 4.69) is 15.1 Å². The quantitative estimate of drug-likeness (QED) is 0.0386. The lowest BCUT2D eigenvalue weighted by Gasteiger charge is -2.26. The van der Waals surface area contributed by atoms with Gasteiger partial charge >= 0.3 is 19.4 Å². The van der Waals surface area contributed by atoms with E-state index in [1.165, 1.54) is 20.2 Å². The number of nitrogens with zero attached hydrogens (tertiary/aromatic N) is 5. The lowest BCUT2D eigenvalue weighted by atomic mass is 10.00. The summed E-state index contributed by atoms with van der Waals surface area (Å²) in [7, 11) is -3.18. The molecule has 48 heavy (non-hydrogen) atoms. The van der Waals surface area contributed by atoms with Crippen molar-refractivity contribution < 1.29 is 37.5 Å². The molecule has 18 heteroatoms. The van der Waals surface area contributed by atoms with E-state index >= 15 is 0 Å². The van der Waals surface area contributed by atoms with E-state index in [0.29, 0.717) is 6.29 Å². The summed E-state index contributed by atoms with van der Waals surface area (Å²) in [6.07, 6.45) is 1.68. The Morgan fingerprint density at radius 3 is 2.58 bits per heavy atom. The molecule has 260 valence electrons. The third-order valence-electron chi connectivity index (χ3n) is 7.03. The Balaban J connectivity index is 1.87. The summed E-state index contributed by atoms with van der Waals surface area (Å²) < 4.78 is 38.5. The van der Waals surface area contributed by atoms with Gasteiger partial charge in [-0.1, -0.05) is 68.0 Å². The number of aryl methyl sites for hydroxylation is 1. The van der Waals surface area contributed by atoms with Gasteiger partial charge in [-0.15, -0.1) is 0 Å². The number of benzene rings is 1. The van der Waals surface area contributed by atoms with Crippen molar-refractivity contribution >= 4 is 43.1 Å². The number of carbonyl (C=O) groups excluding carboxylic acids is 3. The molecule has 1 saturated heterocycles. The topological polar surface area (TPSA) is 210 Å². The molecule has 2 heterocycles. The first-order valence-electron chi connectivity index (χ1n) is 14.8. The van der Waals surface area contributed by atoms with E-state index in [1.807, 2.05) is 0 Å². The van der Waals surface area contributed by atoms with Crippen LogP contribution in [0.3, 0.4) is 0 Å². The Hall–Kier alpha value is -3.82. The van der Waals surface area contributed by atoms with Crippen molar-refractivity contribution in [3.8, 4) is 0 Å². The van der Waals surface area contributed by atoms with Crippen molar-refractivity contribution in [2.75, 3.05) is 26.1 Å². The number of allylic oxidation sites excluding steroid dienone is 1.